The van der Waals surface area contributed by atoms with Crippen LogP contribution in [0.15, 0.2) is 17.5 Å². The van der Waals surface area contributed by atoms with E-state index in [-0.39, 0.29) is 11.6 Å². The van der Waals surface area contributed by atoms with Gasteiger partial charge in [0.1, 0.15) is 5.01 Å². The maximum atomic E-state index is 11.7. The van der Waals surface area contributed by atoms with Crippen molar-refractivity contribution in [1.82, 2.24) is 15.6 Å². The van der Waals surface area contributed by atoms with E-state index < -0.39 is 0 Å². The Morgan fingerprint density at radius 3 is 2.75 bits per heavy atom. The van der Waals surface area contributed by atoms with Crippen LogP contribution in [0.25, 0.3) is 9.88 Å². The fourth-order valence-electron chi connectivity index (χ4n) is 1.64. The molecule has 0 spiro atoms. The van der Waals surface area contributed by atoms with Gasteiger partial charge < -0.3 is 10.6 Å². The predicted molar refractivity (Wildman–Crippen MR) is 85.3 cm³/mol. The Labute approximate surface area is 127 Å². The molecule has 2 N–H and O–H groups in total. The van der Waals surface area contributed by atoms with Gasteiger partial charge in [0.05, 0.1) is 17.1 Å². The number of carbonyl (C=O) groups is 1. The molecule has 2 heterocycles. The molecule has 0 fully saturated rings. The van der Waals surface area contributed by atoms with Crippen LogP contribution in [0, 0.1) is 6.92 Å². The Bertz CT molecular complexity index is 582. The van der Waals surface area contributed by atoms with Crippen molar-refractivity contribution in [2.45, 2.75) is 39.8 Å². The van der Waals surface area contributed by atoms with Gasteiger partial charge in [-0.15, -0.1) is 22.7 Å². The van der Waals surface area contributed by atoms with Crippen molar-refractivity contribution in [3.63, 3.8) is 0 Å². The average molecular weight is 309 g/mol. The molecule has 0 aliphatic carbocycles. The van der Waals surface area contributed by atoms with Crippen molar-refractivity contribution >= 4 is 28.7 Å². The van der Waals surface area contributed by atoms with E-state index in [0.717, 1.165) is 15.6 Å². The number of rotatable bonds is 3. The summed E-state index contributed by atoms with van der Waals surface area (Å²) >= 11 is 3.31. The zero-order chi connectivity index (χ0) is 14.8. The molecule has 0 saturated heterocycles. The molecule has 0 aliphatic rings. The third-order valence-corrected chi connectivity index (χ3v) is 4.72. The maximum Gasteiger partial charge on any atom is 0.315 e. The van der Waals surface area contributed by atoms with E-state index in [0.29, 0.717) is 6.54 Å². The molecule has 0 unspecified atom stereocenters. The van der Waals surface area contributed by atoms with Crippen LogP contribution in [0.3, 0.4) is 0 Å². The first-order chi connectivity index (χ1) is 9.35. The Hall–Kier alpha value is -1.40. The lowest BCUT2D eigenvalue weighted by Gasteiger charge is -2.20. The molecule has 0 aromatic carbocycles. The second-order valence-electron chi connectivity index (χ2n) is 5.56. The van der Waals surface area contributed by atoms with Crippen molar-refractivity contribution < 1.29 is 4.79 Å². The molecule has 108 valence electrons. The molecule has 0 radical (unpaired) electrons. The van der Waals surface area contributed by atoms with E-state index in [2.05, 4.69) is 21.7 Å². The van der Waals surface area contributed by atoms with Gasteiger partial charge in [0, 0.05) is 10.4 Å². The first-order valence-corrected chi connectivity index (χ1v) is 8.11. The van der Waals surface area contributed by atoms with Crippen LogP contribution in [0.4, 0.5) is 4.79 Å². The lowest BCUT2D eigenvalue weighted by Crippen LogP contribution is -2.46. The van der Waals surface area contributed by atoms with Crippen molar-refractivity contribution in [3.8, 4) is 9.88 Å². The highest BCUT2D eigenvalue weighted by Gasteiger charge is 2.15. The van der Waals surface area contributed by atoms with Gasteiger partial charge in [-0.3, -0.25) is 0 Å². The van der Waals surface area contributed by atoms with Crippen molar-refractivity contribution in [2.24, 2.45) is 0 Å². The molecule has 6 heteroatoms. The lowest BCUT2D eigenvalue weighted by atomic mass is 10.1. The van der Waals surface area contributed by atoms with Gasteiger partial charge in [0.2, 0.25) is 0 Å². The molecular weight excluding hydrogens is 290 g/mol. The molecule has 4 nitrogen and oxygen atoms in total. The number of hydrogen-bond acceptors (Lipinski definition) is 4. The third kappa shape index (κ3) is 4.05. The van der Waals surface area contributed by atoms with Crippen LogP contribution in [0.1, 0.15) is 31.3 Å². The number of urea groups is 1. The summed E-state index contributed by atoms with van der Waals surface area (Å²) in [4.78, 5) is 18.6. The summed E-state index contributed by atoms with van der Waals surface area (Å²) in [5.74, 6) is 0. The van der Waals surface area contributed by atoms with E-state index in [9.17, 15) is 4.79 Å². The highest BCUT2D eigenvalue weighted by Crippen LogP contribution is 2.30. The second kappa shape index (κ2) is 5.93. The molecule has 0 atom stereocenters. The summed E-state index contributed by atoms with van der Waals surface area (Å²) in [6.45, 7) is 8.36. The third-order valence-electron chi connectivity index (χ3n) is 2.52. The highest BCUT2D eigenvalue weighted by molar-refractivity contribution is 7.21. The summed E-state index contributed by atoms with van der Waals surface area (Å²) in [6, 6.07) is 3.93. The van der Waals surface area contributed by atoms with E-state index in [1.54, 1.807) is 22.7 Å². The number of hydrogen-bond donors (Lipinski definition) is 2. The Balaban J connectivity index is 1.99. The summed E-state index contributed by atoms with van der Waals surface area (Å²) in [6.07, 6.45) is 0. The number of thiazole rings is 1. The number of carbonyl (C=O) groups excluding carboxylic acids is 1. The highest BCUT2D eigenvalue weighted by atomic mass is 32.1. The number of nitrogens with zero attached hydrogens (tertiary/aromatic N) is 1. The average Bonchev–Trinajstić information content (AvgIpc) is 2.93. The van der Waals surface area contributed by atoms with Crippen molar-refractivity contribution in [2.75, 3.05) is 0 Å². The van der Waals surface area contributed by atoms with Gasteiger partial charge in [-0.2, -0.15) is 0 Å². The van der Waals surface area contributed by atoms with Crippen molar-refractivity contribution in [1.29, 1.82) is 0 Å². The van der Waals surface area contributed by atoms with Gasteiger partial charge in [-0.05, 0) is 39.1 Å². The first kappa shape index (κ1) is 15.0. The molecule has 2 rings (SSSR count). The molecular formula is C14H19N3OS2. The maximum absolute atomic E-state index is 11.7. The molecule has 2 amide bonds. The van der Waals surface area contributed by atoms with E-state index in [1.165, 1.54) is 4.88 Å². The standard InChI is InChI=1S/C14H19N3OS2/c1-9-11(8-15-13(18)17-14(2,3)4)20-12(16-9)10-6-5-7-19-10/h5-7H,8H2,1-4H3,(H2,15,17,18). The fourth-order valence-corrected chi connectivity index (χ4v) is 3.44. The monoisotopic (exact) mass is 309 g/mol. The zero-order valence-corrected chi connectivity index (χ0v) is 13.7. The summed E-state index contributed by atoms with van der Waals surface area (Å²) in [5, 5.41) is 8.82. The minimum absolute atomic E-state index is 0.150. The molecule has 0 bridgehead atoms. The SMILES string of the molecule is Cc1nc(-c2cccs2)sc1CNC(=O)NC(C)(C)C. The number of amides is 2. The van der Waals surface area contributed by atoms with Crippen LogP contribution in [-0.2, 0) is 6.54 Å². The van der Waals surface area contributed by atoms with Crippen LogP contribution >= 0.6 is 22.7 Å². The van der Waals surface area contributed by atoms with E-state index in [4.69, 9.17) is 0 Å². The zero-order valence-electron chi connectivity index (χ0n) is 12.1. The minimum Gasteiger partial charge on any atom is -0.334 e. The van der Waals surface area contributed by atoms with Gasteiger partial charge in [0.25, 0.3) is 0 Å². The Morgan fingerprint density at radius 2 is 2.15 bits per heavy atom. The fraction of sp³-hybridized carbons (Fsp3) is 0.429. The van der Waals surface area contributed by atoms with Gasteiger partial charge >= 0.3 is 6.03 Å². The Kier molecular flexibility index (Phi) is 4.45. The number of nitrogens with one attached hydrogen (secondary N) is 2. The summed E-state index contributed by atoms with van der Waals surface area (Å²) in [7, 11) is 0. The number of aromatic nitrogens is 1. The molecule has 20 heavy (non-hydrogen) atoms. The smallest absolute Gasteiger partial charge is 0.315 e. The molecule has 0 saturated carbocycles. The Morgan fingerprint density at radius 1 is 1.40 bits per heavy atom. The normalized spacial score (nSPS) is 11.4. The van der Waals surface area contributed by atoms with Gasteiger partial charge in [-0.25, -0.2) is 9.78 Å². The molecule has 0 aliphatic heterocycles. The summed E-state index contributed by atoms with van der Waals surface area (Å²) in [5.41, 5.74) is 0.754. The van der Waals surface area contributed by atoms with Gasteiger partial charge in [-0.1, -0.05) is 6.07 Å². The quantitative estimate of drug-likeness (QED) is 0.906. The van der Waals surface area contributed by atoms with Crippen LogP contribution in [0.2, 0.25) is 0 Å². The van der Waals surface area contributed by atoms with E-state index in [1.807, 2.05) is 39.1 Å². The topological polar surface area (TPSA) is 54.0 Å². The minimum atomic E-state index is -0.227. The van der Waals surface area contributed by atoms with Gasteiger partial charge in [0.15, 0.2) is 0 Å². The predicted octanol–water partition coefficient (Wildman–Crippen LogP) is 3.78. The number of thiophene rings is 1. The second-order valence-corrected chi connectivity index (χ2v) is 7.59. The largest absolute Gasteiger partial charge is 0.334 e. The first-order valence-electron chi connectivity index (χ1n) is 6.41. The van der Waals surface area contributed by atoms with Crippen molar-refractivity contribution in [3.05, 3.63) is 28.1 Å². The molecule has 2 aromatic heterocycles. The lowest BCUT2D eigenvalue weighted by molar-refractivity contribution is 0.231. The summed E-state index contributed by atoms with van der Waals surface area (Å²) < 4.78 is 0. The molecule has 2 aromatic rings. The van der Waals surface area contributed by atoms with Crippen LogP contribution in [-0.4, -0.2) is 16.6 Å². The van der Waals surface area contributed by atoms with E-state index >= 15 is 0 Å². The van der Waals surface area contributed by atoms with Crippen LogP contribution < -0.4 is 10.6 Å². The number of aryl methyl sites for hydroxylation is 1. The van der Waals surface area contributed by atoms with Crippen LogP contribution in [0.5, 0.6) is 0 Å².